The van der Waals surface area contributed by atoms with Gasteiger partial charge in [0.1, 0.15) is 5.70 Å². The third kappa shape index (κ3) is 5.47. The summed E-state index contributed by atoms with van der Waals surface area (Å²) >= 11 is 1.47. The van der Waals surface area contributed by atoms with Crippen molar-refractivity contribution in [3.63, 3.8) is 0 Å². The van der Waals surface area contributed by atoms with E-state index < -0.39 is 0 Å². The fourth-order valence-corrected chi connectivity index (χ4v) is 4.48. The molecule has 1 fully saturated rings. The van der Waals surface area contributed by atoms with Crippen LogP contribution in [0.1, 0.15) is 11.3 Å². The third-order valence-electron chi connectivity index (χ3n) is 5.32. The topological polar surface area (TPSA) is 71.6 Å². The van der Waals surface area contributed by atoms with Gasteiger partial charge in [-0.3, -0.25) is 19.4 Å². The lowest BCUT2D eigenvalue weighted by atomic mass is 10.1. The molecule has 0 unspecified atom stereocenters. The van der Waals surface area contributed by atoms with Crippen molar-refractivity contribution in [2.24, 2.45) is 0 Å². The molecule has 0 aromatic carbocycles. The first-order chi connectivity index (χ1) is 14.7. The van der Waals surface area contributed by atoms with E-state index in [-0.39, 0.29) is 11.8 Å². The summed E-state index contributed by atoms with van der Waals surface area (Å²) in [4.78, 5) is 33.1. The van der Waals surface area contributed by atoms with Crippen molar-refractivity contribution in [1.82, 2.24) is 14.7 Å². The van der Waals surface area contributed by atoms with Crippen molar-refractivity contribution in [2.75, 3.05) is 79.9 Å². The van der Waals surface area contributed by atoms with Crippen LogP contribution in [0.15, 0.2) is 23.2 Å². The zero-order valence-corrected chi connectivity index (χ0v) is 18.6. The van der Waals surface area contributed by atoms with E-state index in [2.05, 4.69) is 4.90 Å². The molecule has 3 rings (SSSR count). The first-order valence-electron chi connectivity index (χ1n) is 10.3. The fourth-order valence-electron chi connectivity index (χ4n) is 3.72. The highest BCUT2D eigenvalue weighted by atomic mass is 32.1. The average molecular weight is 438 g/mol. The van der Waals surface area contributed by atoms with Crippen molar-refractivity contribution in [3.05, 3.63) is 28.1 Å². The lowest BCUT2D eigenvalue weighted by Gasteiger charge is -2.27. The maximum Gasteiger partial charge on any atom is 0.277 e. The quantitative estimate of drug-likeness (QED) is 0.454. The number of amides is 2. The Hall–Kier alpha value is -1.78. The Kier molecular flexibility index (Phi) is 8.83. The number of carbonyl (C=O) groups is 2. The van der Waals surface area contributed by atoms with Crippen molar-refractivity contribution >= 4 is 28.7 Å². The first kappa shape index (κ1) is 22.9. The van der Waals surface area contributed by atoms with Crippen LogP contribution in [0.5, 0.6) is 0 Å². The van der Waals surface area contributed by atoms with Crippen molar-refractivity contribution < 1.29 is 23.8 Å². The molecule has 0 aliphatic carbocycles. The van der Waals surface area contributed by atoms with E-state index in [1.165, 1.54) is 16.2 Å². The van der Waals surface area contributed by atoms with Crippen molar-refractivity contribution in [1.29, 1.82) is 0 Å². The number of methoxy groups -OCH3 is 2. The maximum absolute atomic E-state index is 13.4. The number of rotatable bonds is 12. The monoisotopic (exact) mass is 437 g/mol. The number of morpholine rings is 1. The molecule has 8 nitrogen and oxygen atoms in total. The maximum atomic E-state index is 13.4. The van der Waals surface area contributed by atoms with Crippen LogP contribution in [-0.4, -0.2) is 106 Å². The van der Waals surface area contributed by atoms with Gasteiger partial charge in [0.2, 0.25) is 0 Å². The van der Waals surface area contributed by atoms with Gasteiger partial charge in [-0.1, -0.05) is 6.07 Å². The van der Waals surface area contributed by atoms with Gasteiger partial charge in [0.25, 0.3) is 11.8 Å². The number of imide groups is 1. The normalized spacial score (nSPS) is 18.0. The van der Waals surface area contributed by atoms with Crippen LogP contribution in [0, 0.1) is 0 Å². The molecule has 2 aliphatic rings. The Morgan fingerprint density at radius 3 is 2.37 bits per heavy atom. The number of thiophene rings is 1. The number of hydrogen-bond donors (Lipinski definition) is 0. The Morgan fingerprint density at radius 1 is 1.07 bits per heavy atom. The summed E-state index contributed by atoms with van der Waals surface area (Å²) in [6, 6.07) is 3.80. The van der Waals surface area contributed by atoms with Gasteiger partial charge in [-0.15, -0.1) is 11.3 Å². The summed E-state index contributed by atoms with van der Waals surface area (Å²) in [5.41, 5.74) is 0.955. The summed E-state index contributed by atoms with van der Waals surface area (Å²) in [5, 5.41) is 1.92. The highest BCUT2D eigenvalue weighted by molar-refractivity contribution is 7.11. The van der Waals surface area contributed by atoms with Gasteiger partial charge in [-0.2, -0.15) is 0 Å². The highest BCUT2D eigenvalue weighted by Crippen LogP contribution is 2.34. The molecule has 30 heavy (non-hydrogen) atoms. The zero-order valence-electron chi connectivity index (χ0n) is 17.8. The molecule has 1 aromatic heterocycles. The average Bonchev–Trinajstić information content (AvgIpc) is 3.37. The molecule has 3 heterocycles. The van der Waals surface area contributed by atoms with Crippen molar-refractivity contribution in [3.8, 4) is 0 Å². The minimum Gasteiger partial charge on any atom is -0.383 e. The second kappa shape index (κ2) is 11.6. The minimum absolute atomic E-state index is 0.209. The molecule has 1 aromatic rings. The molecule has 0 atom stereocenters. The molecule has 0 saturated carbocycles. The van der Waals surface area contributed by atoms with Crippen LogP contribution >= 0.6 is 11.3 Å². The largest absolute Gasteiger partial charge is 0.383 e. The van der Waals surface area contributed by atoms with Crippen LogP contribution < -0.4 is 0 Å². The van der Waals surface area contributed by atoms with Crippen LogP contribution in [0.4, 0.5) is 0 Å². The molecule has 9 heteroatoms. The van der Waals surface area contributed by atoms with E-state index in [9.17, 15) is 9.59 Å². The second-order valence-electron chi connectivity index (χ2n) is 7.24. The number of carbonyl (C=O) groups excluding carboxylic acids is 2. The van der Waals surface area contributed by atoms with Gasteiger partial charge in [0.15, 0.2) is 0 Å². The molecule has 2 aliphatic heterocycles. The Labute approximate surface area is 182 Å². The SMILES string of the molecule is COCCN(CCOC)C1=C(c2cccs2)C(=O)N(CCCN2CCOCC2)C1=O. The van der Waals surface area contributed by atoms with Gasteiger partial charge in [-0.25, -0.2) is 0 Å². The van der Waals surface area contributed by atoms with Gasteiger partial charge >= 0.3 is 0 Å². The molecule has 0 bridgehead atoms. The van der Waals surface area contributed by atoms with E-state index in [0.717, 1.165) is 44.1 Å². The number of nitrogens with zero attached hydrogens (tertiary/aromatic N) is 3. The molecule has 0 radical (unpaired) electrons. The molecular weight excluding hydrogens is 406 g/mol. The lowest BCUT2D eigenvalue weighted by Crippen LogP contribution is -2.40. The van der Waals surface area contributed by atoms with Gasteiger partial charge in [0.05, 0.1) is 32.0 Å². The van der Waals surface area contributed by atoms with E-state index in [1.807, 2.05) is 22.4 Å². The van der Waals surface area contributed by atoms with Crippen LogP contribution in [-0.2, 0) is 23.8 Å². The predicted molar refractivity (Wildman–Crippen MR) is 115 cm³/mol. The van der Waals surface area contributed by atoms with Crippen LogP contribution in [0.3, 0.4) is 0 Å². The highest BCUT2D eigenvalue weighted by Gasteiger charge is 2.41. The molecule has 0 spiro atoms. The Morgan fingerprint density at radius 2 is 1.77 bits per heavy atom. The smallest absolute Gasteiger partial charge is 0.277 e. The summed E-state index contributed by atoms with van der Waals surface area (Å²) < 4.78 is 15.8. The number of ether oxygens (including phenoxy) is 3. The van der Waals surface area contributed by atoms with Gasteiger partial charge < -0.3 is 19.1 Å². The molecule has 166 valence electrons. The summed E-state index contributed by atoms with van der Waals surface area (Å²) in [6.45, 7) is 6.49. The van der Waals surface area contributed by atoms with E-state index in [4.69, 9.17) is 14.2 Å². The standard InChI is InChI=1S/C21H31N3O5S/c1-27-12-10-23(11-13-28-2)19-18(17-5-3-16-30-17)20(25)24(21(19)26)7-4-6-22-8-14-29-15-9-22/h3,5,16H,4,6-15H2,1-2H3. The van der Waals surface area contributed by atoms with E-state index in [1.54, 1.807) is 14.2 Å². The third-order valence-corrected chi connectivity index (χ3v) is 6.21. The summed E-state index contributed by atoms with van der Waals surface area (Å²) in [5.74, 6) is -0.433. The van der Waals surface area contributed by atoms with Gasteiger partial charge in [0, 0.05) is 58.4 Å². The Balaban J connectivity index is 1.77. The second-order valence-corrected chi connectivity index (χ2v) is 8.19. The molecular formula is C21H31N3O5S. The fraction of sp³-hybridized carbons (Fsp3) is 0.619. The van der Waals surface area contributed by atoms with E-state index >= 15 is 0 Å². The zero-order chi connectivity index (χ0) is 21.3. The van der Waals surface area contributed by atoms with Crippen LogP contribution in [0.2, 0.25) is 0 Å². The molecule has 1 saturated heterocycles. The van der Waals surface area contributed by atoms with Gasteiger partial charge in [-0.05, 0) is 17.9 Å². The lowest BCUT2D eigenvalue weighted by molar-refractivity contribution is -0.137. The van der Waals surface area contributed by atoms with E-state index in [0.29, 0.717) is 44.1 Å². The summed E-state index contributed by atoms with van der Waals surface area (Å²) in [7, 11) is 3.26. The summed E-state index contributed by atoms with van der Waals surface area (Å²) in [6.07, 6.45) is 0.749. The molecule has 0 N–H and O–H groups in total. The molecule has 2 amide bonds. The Bertz CT molecular complexity index is 723. The number of hydrogen-bond acceptors (Lipinski definition) is 8. The van der Waals surface area contributed by atoms with Crippen LogP contribution in [0.25, 0.3) is 5.57 Å². The van der Waals surface area contributed by atoms with Crippen molar-refractivity contribution in [2.45, 2.75) is 6.42 Å². The first-order valence-corrected chi connectivity index (χ1v) is 11.2. The predicted octanol–water partition coefficient (Wildman–Crippen LogP) is 1.15. The minimum atomic E-state index is -0.224.